The van der Waals surface area contributed by atoms with E-state index in [1.54, 1.807) is 36.8 Å². The lowest BCUT2D eigenvalue weighted by atomic mass is 9.97. The summed E-state index contributed by atoms with van der Waals surface area (Å²) >= 11 is 0. The topological polar surface area (TPSA) is 85.5 Å². The van der Waals surface area contributed by atoms with Crippen molar-refractivity contribution < 1.29 is 9.59 Å². The second kappa shape index (κ2) is 9.02. The first-order valence-electron chi connectivity index (χ1n) is 11.5. The lowest BCUT2D eigenvalue weighted by Gasteiger charge is -2.19. The molecule has 7 nitrogen and oxygen atoms in total. The first kappa shape index (κ1) is 21.1. The average Bonchev–Trinajstić information content (AvgIpc) is 3.33. The minimum atomic E-state index is -0.161. The Labute approximate surface area is 191 Å². The Morgan fingerprint density at radius 2 is 1.88 bits per heavy atom. The fourth-order valence-electron chi connectivity index (χ4n) is 4.66. The van der Waals surface area contributed by atoms with Crippen LogP contribution in [0.3, 0.4) is 0 Å². The van der Waals surface area contributed by atoms with Crippen molar-refractivity contribution in [3.63, 3.8) is 0 Å². The maximum absolute atomic E-state index is 13.1. The summed E-state index contributed by atoms with van der Waals surface area (Å²) in [6, 6.07) is 6.82. The summed E-state index contributed by atoms with van der Waals surface area (Å²) in [6.07, 6.45) is 15.5. The number of hydrogen-bond donors (Lipinski definition) is 1. The highest BCUT2D eigenvalue weighted by Gasteiger charge is 2.21. The maximum atomic E-state index is 13.1. The smallest absolute Gasteiger partial charge is 0.257 e. The minimum Gasteiger partial charge on any atom is -0.326 e. The van der Waals surface area contributed by atoms with Crippen LogP contribution < -0.4 is 10.9 Å². The molecule has 2 aromatic heterocycles. The molecule has 3 aromatic rings. The third-order valence-corrected chi connectivity index (χ3v) is 6.36. The predicted octanol–water partition coefficient (Wildman–Crippen LogP) is 3.86. The van der Waals surface area contributed by atoms with Gasteiger partial charge in [0.25, 0.3) is 5.56 Å². The Kier molecular flexibility index (Phi) is 5.77. The van der Waals surface area contributed by atoms with Crippen LogP contribution in [-0.4, -0.2) is 25.6 Å². The predicted molar refractivity (Wildman–Crippen MR) is 127 cm³/mol. The van der Waals surface area contributed by atoms with Crippen LogP contribution in [0.5, 0.6) is 0 Å². The number of fused-ring (bicyclic) bond motifs is 3. The number of imidazole rings is 1. The fourth-order valence-corrected chi connectivity index (χ4v) is 4.66. The van der Waals surface area contributed by atoms with E-state index in [-0.39, 0.29) is 23.8 Å². The molecule has 7 heteroatoms. The number of aryl methyl sites for hydroxylation is 1. The average molecular weight is 443 g/mol. The van der Waals surface area contributed by atoms with Gasteiger partial charge in [0, 0.05) is 22.5 Å². The molecule has 0 saturated heterocycles. The zero-order valence-electron chi connectivity index (χ0n) is 18.4. The van der Waals surface area contributed by atoms with E-state index in [1.807, 2.05) is 10.5 Å². The minimum absolute atomic E-state index is 0.0481. The summed E-state index contributed by atoms with van der Waals surface area (Å²) < 4.78 is 3.47. The van der Waals surface area contributed by atoms with Gasteiger partial charge in [0.15, 0.2) is 5.78 Å². The summed E-state index contributed by atoms with van der Waals surface area (Å²) in [5, 5.41) is 2.88. The van der Waals surface area contributed by atoms with Crippen molar-refractivity contribution in [1.82, 2.24) is 14.0 Å². The van der Waals surface area contributed by atoms with Crippen LogP contribution in [0.25, 0.3) is 5.65 Å². The molecule has 2 aliphatic rings. The van der Waals surface area contributed by atoms with E-state index in [9.17, 15) is 14.4 Å². The van der Waals surface area contributed by atoms with Crippen LogP contribution in [0.4, 0.5) is 5.69 Å². The van der Waals surface area contributed by atoms with Gasteiger partial charge in [-0.15, -0.1) is 0 Å². The normalized spacial score (nSPS) is 15.2. The number of allylic oxidation sites excluding steroid dienone is 3. The number of Topliss-reactive ketones (excluding diaryl/α,β-unsaturated/α-hetero) is 1. The summed E-state index contributed by atoms with van der Waals surface area (Å²) in [6.45, 7) is -0.0481. The van der Waals surface area contributed by atoms with Crippen LogP contribution in [0.2, 0.25) is 0 Å². The molecule has 0 saturated carbocycles. The maximum Gasteiger partial charge on any atom is 0.257 e. The molecule has 0 radical (unpaired) electrons. The van der Waals surface area contributed by atoms with Gasteiger partial charge in [-0.25, -0.2) is 4.98 Å². The summed E-state index contributed by atoms with van der Waals surface area (Å²) in [5.74, 6) is -0.248. The molecular weight excluding hydrogens is 416 g/mol. The third-order valence-electron chi connectivity index (χ3n) is 6.36. The SMILES string of the molecule is O=C(CC1=CCCC=C1)Nc1ccc(C(=O)Cn2c(=O)c3c(n4cncc24)CCCC3)cc1. The number of ketones is 1. The number of amides is 1. The molecule has 5 rings (SSSR count). The van der Waals surface area contributed by atoms with Gasteiger partial charge in [0.05, 0.1) is 19.2 Å². The van der Waals surface area contributed by atoms with Crippen LogP contribution >= 0.6 is 0 Å². The molecule has 0 atom stereocenters. The van der Waals surface area contributed by atoms with Crippen molar-refractivity contribution in [1.29, 1.82) is 0 Å². The first-order chi connectivity index (χ1) is 16.1. The standard InChI is InChI=1S/C26H26N4O3/c31-23(16-29-25-15-27-17-30(25)22-9-5-4-8-21(22)26(29)33)19-10-12-20(13-11-19)28-24(32)14-18-6-2-1-3-7-18/h2,6-7,10-13,15,17H,1,3-5,8-9,14,16H2,(H,28,32). The fraction of sp³-hybridized carbons (Fsp3) is 0.308. The van der Waals surface area contributed by atoms with Gasteiger partial charge >= 0.3 is 0 Å². The number of carbonyl (C=O) groups is 2. The summed E-state index contributed by atoms with van der Waals surface area (Å²) in [5.41, 5.74) is 4.51. The van der Waals surface area contributed by atoms with Gasteiger partial charge < -0.3 is 5.32 Å². The van der Waals surface area contributed by atoms with Crippen molar-refractivity contribution >= 4 is 23.0 Å². The first-order valence-corrected chi connectivity index (χ1v) is 11.5. The van der Waals surface area contributed by atoms with E-state index in [1.165, 1.54) is 4.57 Å². The molecular formula is C26H26N4O3. The highest BCUT2D eigenvalue weighted by atomic mass is 16.2. The second-order valence-corrected chi connectivity index (χ2v) is 8.63. The van der Waals surface area contributed by atoms with E-state index in [0.717, 1.165) is 55.4 Å². The van der Waals surface area contributed by atoms with Crippen molar-refractivity contribution in [2.24, 2.45) is 0 Å². The molecule has 0 bridgehead atoms. The number of aromatic nitrogens is 3. The van der Waals surface area contributed by atoms with Gasteiger partial charge in [-0.05, 0) is 68.4 Å². The van der Waals surface area contributed by atoms with Crippen LogP contribution in [0.1, 0.15) is 53.7 Å². The number of anilines is 1. The van der Waals surface area contributed by atoms with E-state index in [2.05, 4.69) is 22.5 Å². The Hall–Kier alpha value is -3.74. The Morgan fingerprint density at radius 1 is 1.06 bits per heavy atom. The number of nitrogens with one attached hydrogen (secondary N) is 1. The molecule has 33 heavy (non-hydrogen) atoms. The van der Waals surface area contributed by atoms with Crippen LogP contribution in [0.15, 0.2) is 65.4 Å². The summed E-state index contributed by atoms with van der Waals surface area (Å²) in [4.78, 5) is 42.7. The molecule has 0 fully saturated rings. The molecule has 1 N–H and O–H groups in total. The quantitative estimate of drug-likeness (QED) is 0.588. The van der Waals surface area contributed by atoms with Gasteiger partial charge in [0.1, 0.15) is 12.0 Å². The van der Waals surface area contributed by atoms with E-state index >= 15 is 0 Å². The second-order valence-electron chi connectivity index (χ2n) is 8.63. The van der Waals surface area contributed by atoms with Crippen molar-refractivity contribution in [2.75, 3.05) is 5.32 Å². The molecule has 1 amide bonds. The number of carbonyl (C=O) groups excluding carboxylic acids is 2. The Bertz CT molecular complexity index is 1340. The van der Waals surface area contributed by atoms with Gasteiger partial charge in [-0.2, -0.15) is 0 Å². The highest BCUT2D eigenvalue weighted by Crippen LogP contribution is 2.20. The lowest BCUT2D eigenvalue weighted by Crippen LogP contribution is -2.32. The number of nitrogens with zero attached hydrogens (tertiary/aromatic N) is 3. The molecule has 0 unspecified atom stereocenters. The van der Waals surface area contributed by atoms with Gasteiger partial charge in [0.2, 0.25) is 5.91 Å². The Morgan fingerprint density at radius 3 is 2.67 bits per heavy atom. The highest BCUT2D eigenvalue weighted by molar-refractivity contribution is 5.97. The Balaban J connectivity index is 1.31. The number of rotatable bonds is 6. The van der Waals surface area contributed by atoms with E-state index in [4.69, 9.17) is 0 Å². The van der Waals surface area contributed by atoms with Crippen molar-refractivity contribution in [2.45, 2.75) is 51.5 Å². The number of hydrogen-bond acceptors (Lipinski definition) is 4. The van der Waals surface area contributed by atoms with Crippen molar-refractivity contribution in [3.8, 4) is 0 Å². The third kappa shape index (κ3) is 4.31. The molecule has 0 spiro atoms. The van der Waals surface area contributed by atoms with Crippen molar-refractivity contribution in [3.05, 3.63) is 87.8 Å². The molecule has 168 valence electrons. The molecule has 2 heterocycles. The molecule has 0 aliphatic heterocycles. The van der Waals surface area contributed by atoms with Gasteiger partial charge in [-0.1, -0.05) is 18.2 Å². The van der Waals surface area contributed by atoms with Crippen LogP contribution in [0, 0.1) is 0 Å². The monoisotopic (exact) mass is 442 g/mol. The number of benzene rings is 1. The van der Waals surface area contributed by atoms with E-state index < -0.39 is 0 Å². The zero-order valence-corrected chi connectivity index (χ0v) is 18.4. The lowest BCUT2D eigenvalue weighted by molar-refractivity contribution is -0.115. The molecule has 2 aliphatic carbocycles. The van der Waals surface area contributed by atoms with Crippen LogP contribution in [-0.2, 0) is 24.2 Å². The zero-order chi connectivity index (χ0) is 22.8. The largest absolute Gasteiger partial charge is 0.326 e. The van der Waals surface area contributed by atoms with Gasteiger partial charge in [-0.3, -0.25) is 23.4 Å². The molecule has 1 aromatic carbocycles. The summed E-state index contributed by atoms with van der Waals surface area (Å²) in [7, 11) is 0. The van der Waals surface area contributed by atoms with E-state index in [0.29, 0.717) is 23.3 Å².